The van der Waals surface area contributed by atoms with Gasteiger partial charge in [0.1, 0.15) is 6.04 Å². The second-order valence-electron chi connectivity index (χ2n) is 2.69. The summed E-state index contributed by atoms with van der Waals surface area (Å²) in [5.41, 5.74) is 15.9. The van der Waals surface area contributed by atoms with Gasteiger partial charge in [-0.05, 0) is 26.3 Å². The zero-order valence-corrected chi connectivity index (χ0v) is 7.32. The van der Waals surface area contributed by atoms with Crippen LogP contribution >= 0.6 is 0 Å². The van der Waals surface area contributed by atoms with Gasteiger partial charge in [-0.3, -0.25) is 10.5 Å². The van der Waals surface area contributed by atoms with Crippen molar-refractivity contribution in [3.63, 3.8) is 0 Å². The van der Waals surface area contributed by atoms with E-state index < -0.39 is 18.2 Å². The lowest BCUT2D eigenvalue weighted by Gasteiger charge is -2.13. The molecule has 0 fully saturated rings. The van der Waals surface area contributed by atoms with Gasteiger partial charge in [0.2, 0.25) is 0 Å². The first-order valence-electron chi connectivity index (χ1n) is 3.99. The molecule has 0 amide bonds. The predicted molar refractivity (Wildman–Crippen MR) is 46.0 cm³/mol. The van der Waals surface area contributed by atoms with Crippen molar-refractivity contribution in [2.45, 2.75) is 32.0 Å². The zero-order chi connectivity index (χ0) is 9.56. The minimum absolute atomic E-state index is 0.473. The second kappa shape index (κ2) is 5.93. The summed E-state index contributed by atoms with van der Waals surface area (Å²) in [6.07, 6.45) is 0.745. The third-order valence-electron chi connectivity index (χ3n) is 1.33. The molecule has 0 heterocycles. The Balaban J connectivity index is 3.54. The summed E-state index contributed by atoms with van der Waals surface area (Å²) in [5.74, 6) is -0.473. The average Bonchev–Trinajstić information content (AvgIpc) is 2.00. The first-order valence-corrected chi connectivity index (χ1v) is 3.99. The maximum atomic E-state index is 10.9. The van der Waals surface area contributed by atoms with Gasteiger partial charge < -0.3 is 16.2 Å². The standard InChI is InChI=1S/C7H17N3O2/c1-5(9)7(11)12-6(10)3-2-4-8/h5-6H,2-4,8-10H2,1H3/t5-,6?/m0/s1. The molecule has 12 heavy (non-hydrogen) atoms. The maximum absolute atomic E-state index is 10.9. The Morgan fingerprint density at radius 1 is 1.50 bits per heavy atom. The van der Waals surface area contributed by atoms with Crippen LogP contribution in [0.4, 0.5) is 0 Å². The van der Waals surface area contributed by atoms with E-state index in [-0.39, 0.29) is 0 Å². The number of rotatable bonds is 5. The number of nitrogens with two attached hydrogens (primary N) is 3. The molecule has 0 aromatic carbocycles. The van der Waals surface area contributed by atoms with Gasteiger partial charge in [0.15, 0.2) is 6.23 Å². The highest BCUT2D eigenvalue weighted by atomic mass is 16.6. The molecule has 0 radical (unpaired) electrons. The van der Waals surface area contributed by atoms with Crippen molar-refractivity contribution in [2.24, 2.45) is 17.2 Å². The van der Waals surface area contributed by atoms with Crippen molar-refractivity contribution in [3.05, 3.63) is 0 Å². The van der Waals surface area contributed by atoms with Gasteiger partial charge in [-0.1, -0.05) is 0 Å². The Morgan fingerprint density at radius 2 is 2.08 bits per heavy atom. The first kappa shape index (κ1) is 11.4. The normalized spacial score (nSPS) is 15.3. The highest BCUT2D eigenvalue weighted by Crippen LogP contribution is 1.96. The Hall–Kier alpha value is -0.650. The van der Waals surface area contributed by atoms with Gasteiger partial charge in [-0.15, -0.1) is 0 Å². The molecule has 0 aromatic rings. The molecule has 2 atom stereocenters. The van der Waals surface area contributed by atoms with E-state index in [1.165, 1.54) is 0 Å². The highest BCUT2D eigenvalue weighted by Gasteiger charge is 2.12. The summed E-state index contributed by atoms with van der Waals surface area (Å²) in [5, 5.41) is 0. The molecule has 0 spiro atoms. The van der Waals surface area contributed by atoms with Crippen molar-refractivity contribution >= 4 is 5.97 Å². The fourth-order valence-electron chi connectivity index (χ4n) is 0.634. The van der Waals surface area contributed by atoms with Crippen molar-refractivity contribution in [2.75, 3.05) is 6.54 Å². The van der Waals surface area contributed by atoms with Crippen LogP contribution in [0.3, 0.4) is 0 Å². The SMILES string of the molecule is C[C@H](N)C(=O)OC(N)CCCN. The van der Waals surface area contributed by atoms with Gasteiger partial charge in [0.05, 0.1) is 0 Å². The third kappa shape index (κ3) is 5.06. The number of carbonyl (C=O) groups is 1. The van der Waals surface area contributed by atoms with E-state index >= 15 is 0 Å². The van der Waals surface area contributed by atoms with Gasteiger partial charge >= 0.3 is 5.97 Å². The van der Waals surface area contributed by atoms with Crippen LogP contribution in [0.5, 0.6) is 0 Å². The number of hydrogen-bond donors (Lipinski definition) is 3. The first-order chi connectivity index (χ1) is 5.57. The van der Waals surface area contributed by atoms with E-state index in [4.69, 9.17) is 21.9 Å². The van der Waals surface area contributed by atoms with Crippen LogP contribution in [0.15, 0.2) is 0 Å². The van der Waals surface area contributed by atoms with Crippen LogP contribution in [-0.4, -0.2) is 24.8 Å². The van der Waals surface area contributed by atoms with Crippen LogP contribution in [0.25, 0.3) is 0 Å². The van der Waals surface area contributed by atoms with Crippen molar-refractivity contribution in [1.29, 1.82) is 0 Å². The summed E-state index contributed by atoms with van der Waals surface area (Å²) in [6, 6.07) is -0.617. The molecule has 0 bridgehead atoms. The van der Waals surface area contributed by atoms with E-state index in [0.29, 0.717) is 13.0 Å². The molecule has 1 unspecified atom stereocenters. The second-order valence-corrected chi connectivity index (χ2v) is 2.69. The fourth-order valence-corrected chi connectivity index (χ4v) is 0.634. The van der Waals surface area contributed by atoms with E-state index in [1.807, 2.05) is 0 Å². The van der Waals surface area contributed by atoms with E-state index in [1.54, 1.807) is 6.92 Å². The van der Waals surface area contributed by atoms with Gasteiger partial charge in [-0.25, -0.2) is 0 Å². The van der Waals surface area contributed by atoms with Crippen molar-refractivity contribution in [1.82, 2.24) is 0 Å². The molecular formula is C7H17N3O2. The van der Waals surface area contributed by atoms with Crippen LogP contribution in [0.1, 0.15) is 19.8 Å². The minimum atomic E-state index is -0.617. The number of ether oxygens (including phenoxy) is 1. The van der Waals surface area contributed by atoms with Gasteiger partial charge in [-0.2, -0.15) is 0 Å². The van der Waals surface area contributed by atoms with Crippen molar-refractivity contribution in [3.8, 4) is 0 Å². The molecule has 5 heteroatoms. The third-order valence-corrected chi connectivity index (χ3v) is 1.33. The van der Waals surface area contributed by atoms with E-state index in [0.717, 1.165) is 6.42 Å². The molecule has 0 aliphatic carbocycles. The minimum Gasteiger partial charge on any atom is -0.446 e. The molecular weight excluding hydrogens is 158 g/mol. The predicted octanol–water partition coefficient (Wildman–Crippen LogP) is -1.10. The van der Waals surface area contributed by atoms with Crippen LogP contribution in [0, 0.1) is 0 Å². The molecule has 5 nitrogen and oxygen atoms in total. The molecule has 0 rings (SSSR count). The summed E-state index contributed by atoms with van der Waals surface area (Å²) < 4.78 is 4.77. The van der Waals surface area contributed by atoms with E-state index in [2.05, 4.69) is 0 Å². The quantitative estimate of drug-likeness (QED) is 0.363. The maximum Gasteiger partial charge on any atom is 0.324 e. The number of hydrogen-bond acceptors (Lipinski definition) is 5. The lowest BCUT2D eigenvalue weighted by atomic mass is 10.3. The topological polar surface area (TPSA) is 104 Å². The summed E-state index contributed by atoms with van der Waals surface area (Å²) in [4.78, 5) is 10.9. The van der Waals surface area contributed by atoms with Crippen molar-refractivity contribution < 1.29 is 9.53 Å². The highest BCUT2D eigenvalue weighted by molar-refractivity contribution is 5.75. The van der Waals surface area contributed by atoms with Crippen LogP contribution in [-0.2, 0) is 9.53 Å². The smallest absolute Gasteiger partial charge is 0.324 e. The van der Waals surface area contributed by atoms with Crippen LogP contribution < -0.4 is 17.2 Å². The monoisotopic (exact) mass is 175 g/mol. The Kier molecular flexibility index (Phi) is 5.61. The Morgan fingerprint density at radius 3 is 2.50 bits per heavy atom. The molecule has 0 saturated carbocycles. The molecule has 72 valence electrons. The largest absolute Gasteiger partial charge is 0.446 e. The van der Waals surface area contributed by atoms with E-state index in [9.17, 15) is 4.79 Å². The Bertz CT molecular complexity index is 139. The molecule has 0 aliphatic rings. The number of carbonyl (C=O) groups excluding carboxylic acids is 1. The van der Waals surface area contributed by atoms with Crippen LogP contribution in [0.2, 0.25) is 0 Å². The Labute approximate surface area is 72.2 Å². The number of esters is 1. The summed E-state index contributed by atoms with van der Waals surface area (Å²) >= 11 is 0. The molecule has 0 aliphatic heterocycles. The molecule has 0 aromatic heterocycles. The van der Waals surface area contributed by atoms with Gasteiger partial charge in [0, 0.05) is 0 Å². The fraction of sp³-hybridized carbons (Fsp3) is 0.857. The summed E-state index contributed by atoms with van der Waals surface area (Å²) in [7, 11) is 0. The lowest BCUT2D eigenvalue weighted by molar-refractivity contribution is -0.150. The summed E-state index contributed by atoms with van der Waals surface area (Å²) in [6.45, 7) is 2.10. The molecule has 6 N–H and O–H groups in total. The van der Waals surface area contributed by atoms with Gasteiger partial charge in [0.25, 0.3) is 0 Å². The zero-order valence-electron chi connectivity index (χ0n) is 7.32. The molecule has 0 saturated heterocycles. The average molecular weight is 175 g/mol. The lowest BCUT2D eigenvalue weighted by Crippen LogP contribution is -2.36.